The van der Waals surface area contributed by atoms with Crippen molar-refractivity contribution in [3.8, 4) is 0 Å². The van der Waals surface area contributed by atoms with Crippen molar-refractivity contribution in [3.05, 3.63) is 39.4 Å². The van der Waals surface area contributed by atoms with E-state index in [4.69, 9.17) is 4.74 Å². The number of esters is 1. The van der Waals surface area contributed by atoms with E-state index in [2.05, 4.69) is 4.74 Å². The van der Waals surface area contributed by atoms with Crippen molar-refractivity contribution in [2.45, 2.75) is 13.8 Å². The van der Waals surface area contributed by atoms with Crippen molar-refractivity contribution in [1.82, 2.24) is 0 Å². The Labute approximate surface area is 119 Å². The number of nitrogens with zero attached hydrogens (tertiary/aromatic N) is 1. The molecule has 0 bridgehead atoms. The predicted molar refractivity (Wildman–Crippen MR) is 69.0 cm³/mol. The maximum Gasteiger partial charge on any atom is 0.344 e. The van der Waals surface area contributed by atoms with Crippen LogP contribution in [0.2, 0.25) is 0 Å². The first-order valence-electron chi connectivity index (χ1n) is 6.21. The van der Waals surface area contributed by atoms with Gasteiger partial charge in [0.25, 0.3) is 0 Å². The lowest BCUT2D eigenvalue weighted by Gasteiger charge is -2.08. The van der Waals surface area contributed by atoms with Crippen LogP contribution in [0.5, 0.6) is 0 Å². The molecule has 0 unspecified atom stereocenters. The third-order valence-corrected chi connectivity index (χ3v) is 2.38. The fourth-order valence-corrected chi connectivity index (χ4v) is 1.45. The van der Waals surface area contributed by atoms with Gasteiger partial charge in [0, 0.05) is 12.7 Å². The molecule has 0 fully saturated rings. The second-order valence-electron chi connectivity index (χ2n) is 4.62. The lowest BCUT2D eigenvalue weighted by molar-refractivity contribution is -0.387. The molecule has 21 heavy (non-hydrogen) atoms. The molecule has 6 nitrogen and oxygen atoms in total. The lowest BCUT2D eigenvalue weighted by Crippen LogP contribution is -2.15. The Morgan fingerprint density at radius 2 is 2.00 bits per heavy atom. The quantitative estimate of drug-likeness (QED) is 0.335. The average Bonchev–Trinajstić information content (AvgIpc) is 2.37. The van der Waals surface area contributed by atoms with Gasteiger partial charge in [0.05, 0.1) is 11.5 Å². The van der Waals surface area contributed by atoms with Crippen LogP contribution in [0.15, 0.2) is 12.1 Å². The van der Waals surface area contributed by atoms with E-state index in [-0.39, 0.29) is 13.2 Å². The van der Waals surface area contributed by atoms with Crippen LogP contribution >= 0.6 is 0 Å². The van der Waals surface area contributed by atoms with Crippen molar-refractivity contribution in [1.29, 1.82) is 0 Å². The topological polar surface area (TPSA) is 78.7 Å². The standard InChI is InChI=1S/C13H15F2NO5/c1-8(2)7-20-5-6-21-13(17)11-9(14)3-4-10(12(11)15)16(18)19/h3-4,8H,5-7H2,1-2H3. The minimum absolute atomic E-state index is 0.0715. The Hall–Kier alpha value is -2.09. The summed E-state index contributed by atoms with van der Waals surface area (Å²) in [7, 11) is 0. The maximum atomic E-state index is 13.7. The molecule has 0 heterocycles. The van der Waals surface area contributed by atoms with Gasteiger partial charge < -0.3 is 9.47 Å². The highest BCUT2D eigenvalue weighted by atomic mass is 19.1. The van der Waals surface area contributed by atoms with Gasteiger partial charge in [0.15, 0.2) is 0 Å². The number of rotatable bonds is 7. The molecule has 0 N–H and O–H groups in total. The molecule has 0 radical (unpaired) electrons. The zero-order valence-corrected chi connectivity index (χ0v) is 11.6. The molecule has 0 saturated carbocycles. The molecule has 0 aliphatic rings. The van der Waals surface area contributed by atoms with Gasteiger partial charge in [-0.05, 0) is 12.0 Å². The molecule has 0 amide bonds. The van der Waals surface area contributed by atoms with Gasteiger partial charge in [-0.2, -0.15) is 4.39 Å². The van der Waals surface area contributed by atoms with Crippen LogP contribution in [-0.2, 0) is 9.47 Å². The highest BCUT2D eigenvalue weighted by Crippen LogP contribution is 2.23. The Bertz CT molecular complexity index is 534. The molecular weight excluding hydrogens is 288 g/mol. The van der Waals surface area contributed by atoms with E-state index < -0.39 is 33.8 Å². The van der Waals surface area contributed by atoms with Crippen LogP contribution < -0.4 is 0 Å². The summed E-state index contributed by atoms with van der Waals surface area (Å²) in [6, 6.07) is 1.29. The van der Waals surface area contributed by atoms with E-state index in [1.54, 1.807) is 0 Å². The van der Waals surface area contributed by atoms with Crippen LogP contribution in [-0.4, -0.2) is 30.7 Å². The van der Waals surface area contributed by atoms with E-state index in [0.717, 1.165) is 0 Å². The number of carbonyl (C=O) groups excluding carboxylic acids is 1. The summed E-state index contributed by atoms with van der Waals surface area (Å²) in [5.74, 6) is -3.77. The molecule has 1 aromatic carbocycles. The third kappa shape index (κ3) is 4.75. The number of nitro benzene ring substituents is 1. The van der Waals surface area contributed by atoms with E-state index in [0.29, 0.717) is 24.7 Å². The highest BCUT2D eigenvalue weighted by Gasteiger charge is 2.27. The van der Waals surface area contributed by atoms with Crippen molar-refractivity contribution >= 4 is 11.7 Å². The van der Waals surface area contributed by atoms with Gasteiger partial charge in [-0.3, -0.25) is 10.1 Å². The number of hydrogen-bond acceptors (Lipinski definition) is 5. The molecular formula is C13H15F2NO5. The van der Waals surface area contributed by atoms with E-state index >= 15 is 0 Å². The maximum absolute atomic E-state index is 13.7. The number of carbonyl (C=O) groups is 1. The van der Waals surface area contributed by atoms with Gasteiger partial charge in [-0.15, -0.1) is 0 Å². The molecule has 8 heteroatoms. The third-order valence-electron chi connectivity index (χ3n) is 2.38. The molecule has 0 aliphatic heterocycles. The van der Waals surface area contributed by atoms with Crippen molar-refractivity contribution < 1.29 is 28.0 Å². The summed E-state index contributed by atoms with van der Waals surface area (Å²) < 4.78 is 36.9. The first-order chi connectivity index (χ1) is 9.84. The zero-order valence-electron chi connectivity index (χ0n) is 11.6. The monoisotopic (exact) mass is 303 g/mol. The van der Waals surface area contributed by atoms with E-state index in [1.807, 2.05) is 13.8 Å². The van der Waals surface area contributed by atoms with Gasteiger partial charge in [-0.25, -0.2) is 9.18 Å². The van der Waals surface area contributed by atoms with Crippen LogP contribution in [0.25, 0.3) is 0 Å². The summed E-state index contributed by atoms with van der Waals surface area (Å²) in [6.45, 7) is 4.19. The average molecular weight is 303 g/mol. The van der Waals surface area contributed by atoms with E-state index in [9.17, 15) is 23.7 Å². The Morgan fingerprint density at radius 1 is 1.33 bits per heavy atom. The number of nitro groups is 1. The SMILES string of the molecule is CC(C)COCCOC(=O)c1c(F)ccc([N+](=O)[O-])c1F. The van der Waals surface area contributed by atoms with Crippen molar-refractivity contribution in [2.24, 2.45) is 5.92 Å². The van der Waals surface area contributed by atoms with Crippen LogP contribution in [0.3, 0.4) is 0 Å². The van der Waals surface area contributed by atoms with Gasteiger partial charge in [0.2, 0.25) is 5.82 Å². The molecule has 116 valence electrons. The number of hydrogen-bond donors (Lipinski definition) is 0. The minimum atomic E-state index is -1.55. The Morgan fingerprint density at radius 3 is 2.57 bits per heavy atom. The molecule has 0 atom stereocenters. The number of halogens is 2. The van der Waals surface area contributed by atoms with Gasteiger partial charge >= 0.3 is 11.7 Å². The number of benzene rings is 1. The second-order valence-corrected chi connectivity index (χ2v) is 4.62. The van der Waals surface area contributed by atoms with Crippen molar-refractivity contribution in [3.63, 3.8) is 0 Å². The molecule has 1 rings (SSSR count). The largest absolute Gasteiger partial charge is 0.459 e. The molecule has 1 aromatic rings. The van der Waals surface area contributed by atoms with Crippen LogP contribution in [0.1, 0.15) is 24.2 Å². The predicted octanol–water partition coefficient (Wildman–Crippen LogP) is 2.70. The summed E-state index contributed by atoms with van der Waals surface area (Å²) in [6.07, 6.45) is 0. The van der Waals surface area contributed by atoms with Crippen molar-refractivity contribution in [2.75, 3.05) is 19.8 Å². The summed E-state index contributed by atoms with van der Waals surface area (Å²) in [5, 5.41) is 10.5. The summed E-state index contributed by atoms with van der Waals surface area (Å²) in [5.41, 5.74) is -2.06. The smallest absolute Gasteiger partial charge is 0.344 e. The first-order valence-corrected chi connectivity index (χ1v) is 6.21. The minimum Gasteiger partial charge on any atom is -0.459 e. The number of ether oxygens (including phenoxy) is 2. The van der Waals surface area contributed by atoms with Gasteiger partial charge in [0.1, 0.15) is 18.0 Å². The normalized spacial score (nSPS) is 10.7. The molecule has 0 aliphatic carbocycles. The Balaban J connectivity index is 2.70. The van der Waals surface area contributed by atoms with Crippen LogP contribution in [0.4, 0.5) is 14.5 Å². The highest BCUT2D eigenvalue weighted by molar-refractivity contribution is 5.90. The zero-order chi connectivity index (χ0) is 16.0. The van der Waals surface area contributed by atoms with Crippen LogP contribution in [0, 0.1) is 27.7 Å². The lowest BCUT2D eigenvalue weighted by atomic mass is 10.1. The second kappa shape index (κ2) is 7.63. The summed E-state index contributed by atoms with van der Waals surface area (Å²) in [4.78, 5) is 21.1. The Kier molecular flexibility index (Phi) is 6.16. The fourth-order valence-electron chi connectivity index (χ4n) is 1.45. The summed E-state index contributed by atoms with van der Waals surface area (Å²) >= 11 is 0. The molecule has 0 spiro atoms. The fraction of sp³-hybridized carbons (Fsp3) is 0.462. The molecule has 0 saturated heterocycles. The van der Waals surface area contributed by atoms with Gasteiger partial charge in [-0.1, -0.05) is 13.8 Å². The molecule has 0 aromatic heterocycles. The van der Waals surface area contributed by atoms with E-state index in [1.165, 1.54) is 0 Å². The first kappa shape index (κ1) is 17.0.